The summed E-state index contributed by atoms with van der Waals surface area (Å²) in [6, 6.07) is 7.56. The van der Waals surface area contributed by atoms with Gasteiger partial charge in [0, 0.05) is 11.4 Å². The fourth-order valence-electron chi connectivity index (χ4n) is 2.45. The van der Waals surface area contributed by atoms with Crippen molar-refractivity contribution in [3.63, 3.8) is 0 Å². The van der Waals surface area contributed by atoms with E-state index >= 15 is 0 Å². The van der Waals surface area contributed by atoms with E-state index in [2.05, 4.69) is 0 Å². The minimum absolute atomic E-state index is 0.614. The molecule has 0 aliphatic carbocycles. The van der Waals surface area contributed by atoms with E-state index in [0.717, 1.165) is 33.8 Å². The van der Waals surface area contributed by atoms with Gasteiger partial charge in [-0.1, -0.05) is 12.1 Å². The molecule has 0 saturated carbocycles. The van der Waals surface area contributed by atoms with Crippen LogP contribution in [0.15, 0.2) is 24.3 Å². The third-order valence-electron chi connectivity index (χ3n) is 3.43. The number of ether oxygens (including phenoxy) is 2. The number of methoxy groups -OCH3 is 2. The average Bonchev–Trinajstić information content (AvgIpc) is 2.43. The summed E-state index contributed by atoms with van der Waals surface area (Å²) in [4.78, 5) is 0. The monoisotopic (exact) mass is 272 g/mol. The van der Waals surface area contributed by atoms with E-state index in [1.165, 1.54) is 0 Å². The summed E-state index contributed by atoms with van der Waals surface area (Å²) < 4.78 is 11.0. The van der Waals surface area contributed by atoms with Gasteiger partial charge in [-0.15, -0.1) is 0 Å². The number of nitrogen functional groups attached to an aromatic ring is 2. The van der Waals surface area contributed by atoms with Gasteiger partial charge in [-0.05, 0) is 37.1 Å². The summed E-state index contributed by atoms with van der Waals surface area (Å²) in [5.41, 5.74) is 17.1. The molecule has 4 heteroatoms. The maximum atomic E-state index is 6.15. The highest BCUT2D eigenvalue weighted by Crippen LogP contribution is 2.46. The highest BCUT2D eigenvalue weighted by Gasteiger charge is 2.20. The Morgan fingerprint density at radius 2 is 1.05 bits per heavy atom. The lowest BCUT2D eigenvalue weighted by Gasteiger charge is -2.19. The van der Waals surface area contributed by atoms with Gasteiger partial charge in [0.1, 0.15) is 11.5 Å². The van der Waals surface area contributed by atoms with E-state index in [9.17, 15) is 0 Å². The molecule has 0 fully saturated rings. The average molecular weight is 272 g/mol. The van der Waals surface area contributed by atoms with Crippen LogP contribution in [-0.2, 0) is 0 Å². The Morgan fingerprint density at radius 3 is 1.35 bits per heavy atom. The van der Waals surface area contributed by atoms with Gasteiger partial charge in [-0.2, -0.15) is 0 Å². The molecule has 0 spiro atoms. The summed E-state index contributed by atoms with van der Waals surface area (Å²) in [5.74, 6) is 1.45. The van der Waals surface area contributed by atoms with Crippen LogP contribution in [0.1, 0.15) is 11.1 Å². The molecule has 0 atom stereocenters. The molecular formula is C16H20N2O2. The lowest BCUT2D eigenvalue weighted by atomic mass is 9.95. The molecule has 0 bridgehead atoms. The first-order chi connectivity index (χ1) is 9.51. The molecule has 0 saturated heterocycles. The molecule has 0 unspecified atom stereocenters. The second-order valence-electron chi connectivity index (χ2n) is 4.76. The number of rotatable bonds is 3. The Kier molecular flexibility index (Phi) is 3.74. The Balaban J connectivity index is 2.88. The predicted molar refractivity (Wildman–Crippen MR) is 83.3 cm³/mol. The first-order valence-corrected chi connectivity index (χ1v) is 6.37. The van der Waals surface area contributed by atoms with E-state index < -0.39 is 0 Å². The first kappa shape index (κ1) is 14.1. The van der Waals surface area contributed by atoms with Crippen LogP contribution < -0.4 is 20.9 Å². The molecule has 20 heavy (non-hydrogen) atoms. The number of hydrogen-bond donors (Lipinski definition) is 2. The molecule has 0 aliphatic heterocycles. The SMILES string of the molecule is COc1c(C)ccc(N)c1-c1c(N)ccc(C)c1OC. The maximum absolute atomic E-state index is 6.15. The Labute approximate surface area is 119 Å². The molecule has 2 aromatic carbocycles. The van der Waals surface area contributed by atoms with Crippen molar-refractivity contribution < 1.29 is 9.47 Å². The number of aryl methyl sites for hydroxylation is 2. The molecule has 4 N–H and O–H groups in total. The zero-order chi connectivity index (χ0) is 14.9. The van der Waals surface area contributed by atoms with Crippen molar-refractivity contribution in [3.05, 3.63) is 35.4 Å². The number of hydrogen-bond acceptors (Lipinski definition) is 4. The van der Waals surface area contributed by atoms with Gasteiger partial charge in [0.05, 0.1) is 25.3 Å². The van der Waals surface area contributed by atoms with Crippen LogP contribution in [0.5, 0.6) is 11.5 Å². The number of nitrogens with two attached hydrogens (primary N) is 2. The molecule has 0 amide bonds. The summed E-state index contributed by atoms with van der Waals surface area (Å²) >= 11 is 0. The molecule has 2 aromatic rings. The fraction of sp³-hybridized carbons (Fsp3) is 0.250. The van der Waals surface area contributed by atoms with Crippen molar-refractivity contribution in [1.82, 2.24) is 0 Å². The van der Waals surface area contributed by atoms with Gasteiger partial charge in [-0.3, -0.25) is 0 Å². The van der Waals surface area contributed by atoms with Gasteiger partial charge in [-0.25, -0.2) is 0 Å². The summed E-state index contributed by atoms with van der Waals surface area (Å²) in [6.45, 7) is 3.94. The smallest absolute Gasteiger partial charge is 0.131 e. The van der Waals surface area contributed by atoms with Crippen LogP contribution in [0.2, 0.25) is 0 Å². The summed E-state index contributed by atoms with van der Waals surface area (Å²) in [7, 11) is 3.26. The van der Waals surface area contributed by atoms with Crippen molar-refractivity contribution in [2.45, 2.75) is 13.8 Å². The lowest BCUT2D eigenvalue weighted by Crippen LogP contribution is -2.02. The van der Waals surface area contributed by atoms with E-state index in [-0.39, 0.29) is 0 Å². The van der Waals surface area contributed by atoms with Crippen molar-refractivity contribution in [1.29, 1.82) is 0 Å². The minimum atomic E-state index is 0.614. The Bertz CT molecular complexity index is 594. The third-order valence-corrected chi connectivity index (χ3v) is 3.43. The van der Waals surface area contributed by atoms with Crippen LogP contribution in [0.25, 0.3) is 11.1 Å². The van der Waals surface area contributed by atoms with E-state index in [1.807, 2.05) is 38.1 Å². The van der Waals surface area contributed by atoms with Gasteiger partial charge in [0.15, 0.2) is 0 Å². The molecule has 0 heterocycles. The van der Waals surface area contributed by atoms with Gasteiger partial charge in [0.25, 0.3) is 0 Å². The molecule has 0 radical (unpaired) electrons. The van der Waals surface area contributed by atoms with Crippen LogP contribution in [-0.4, -0.2) is 14.2 Å². The number of benzene rings is 2. The largest absolute Gasteiger partial charge is 0.496 e. The molecule has 0 aliphatic rings. The van der Waals surface area contributed by atoms with E-state index in [0.29, 0.717) is 11.4 Å². The molecular weight excluding hydrogens is 252 g/mol. The van der Waals surface area contributed by atoms with Crippen molar-refractivity contribution >= 4 is 11.4 Å². The highest BCUT2D eigenvalue weighted by atomic mass is 16.5. The van der Waals surface area contributed by atoms with Gasteiger partial charge >= 0.3 is 0 Å². The Hall–Kier alpha value is -2.36. The molecule has 0 aromatic heterocycles. The van der Waals surface area contributed by atoms with Gasteiger partial charge in [0.2, 0.25) is 0 Å². The van der Waals surface area contributed by atoms with E-state index in [1.54, 1.807) is 14.2 Å². The standard InChI is InChI=1S/C16H20N2O2/c1-9-5-7-11(17)13(15(9)19-3)14-12(18)8-6-10(2)16(14)20-4/h5-8H,17-18H2,1-4H3. The van der Waals surface area contributed by atoms with Crippen LogP contribution in [0.3, 0.4) is 0 Å². The lowest BCUT2D eigenvalue weighted by molar-refractivity contribution is 0.407. The maximum Gasteiger partial charge on any atom is 0.131 e. The second-order valence-corrected chi connectivity index (χ2v) is 4.76. The zero-order valence-electron chi connectivity index (χ0n) is 12.3. The van der Waals surface area contributed by atoms with Crippen molar-refractivity contribution in [2.24, 2.45) is 0 Å². The van der Waals surface area contributed by atoms with Crippen molar-refractivity contribution in [3.8, 4) is 22.6 Å². The van der Waals surface area contributed by atoms with Crippen LogP contribution in [0, 0.1) is 13.8 Å². The normalized spacial score (nSPS) is 10.4. The first-order valence-electron chi connectivity index (χ1n) is 6.37. The zero-order valence-corrected chi connectivity index (χ0v) is 12.3. The van der Waals surface area contributed by atoms with Crippen LogP contribution in [0.4, 0.5) is 11.4 Å². The highest BCUT2D eigenvalue weighted by molar-refractivity contribution is 5.93. The quantitative estimate of drug-likeness (QED) is 0.842. The van der Waals surface area contributed by atoms with Crippen molar-refractivity contribution in [2.75, 3.05) is 25.7 Å². The molecule has 4 nitrogen and oxygen atoms in total. The van der Waals surface area contributed by atoms with Crippen LogP contribution >= 0.6 is 0 Å². The van der Waals surface area contributed by atoms with Gasteiger partial charge < -0.3 is 20.9 Å². The predicted octanol–water partition coefficient (Wildman–Crippen LogP) is 3.15. The molecule has 2 rings (SSSR count). The molecule has 106 valence electrons. The third kappa shape index (κ3) is 2.13. The summed E-state index contributed by atoms with van der Waals surface area (Å²) in [6.07, 6.45) is 0. The second kappa shape index (κ2) is 5.33. The topological polar surface area (TPSA) is 70.5 Å². The van der Waals surface area contributed by atoms with E-state index in [4.69, 9.17) is 20.9 Å². The number of anilines is 2. The summed E-state index contributed by atoms with van der Waals surface area (Å²) in [5, 5.41) is 0. The fourth-order valence-corrected chi connectivity index (χ4v) is 2.45. The minimum Gasteiger partial charge on any atom is -0.496 e. The Morgan fingerprint density at radius 1 is 0.700 bits per heavy atom.